The molecule has 1 saturated heterocycles. The molecule has 1 N–H and O–H groups in total. The maximum Gasteiger partial charge on any atom is 0.257 e. The van der Waals surface area contributed by atoms with Crippen LogP contribution in [0.5, 0.6) is 0 Å². The van der Waals surface area contributed by atoms with Gasteiger partial charge in [0.05, 0.1) is 17.7 Å². The van der Waals surface area contributed by atoms with E-state index in [2.05, 4.69) is 27.5 Å². The first-order chi connectivity index (χ1) is 14.6. The molecule has 2 heterocycles. The molecule has 7 heteroatoms. The monoisotopic (exact) mass is 425 g/mol. The summed E-state index contributed by atoms with van der Waals surface area (Å²) >= 11 is 6.29. The Balaban J connectivity index is 1.39. The number of morpholine rings is 1. The van der Waals surface area contributed by atoms with Gasteiger partial charge in [-0.1, -0.05) is 65.3 Å². The number of carbonyl (C=O) groups excluding carboxylic acids is 1. The van der Waals surface area contributed by atoms with Crippen LogP contribution in [0, 0.1) is 6.92 Å². The second kappa shape index (κ2) is 9.43. The number of carbonyl (C=O) groups is 1. The first-order valence-electron chi connectivity index (χ1n) is 9.99. The summed E-state index contributed by atoms with van der Waals surface area (Å²) in [6.45, 7) is 5.29. The van der Waals surface area contributed by atoms with Crippen LogP contribution >= 0.6 is 11.6 Å². The largest absolute Gasteiger partial charge is 0.374 e. The van der Waals surface area contributed by atoms with Gasteiger partial charge in [0.15, 0.2) is 0 Å². The molecule has 1 fully saturated rings. The van der Waals surface area contributed by atoms with Crippen LogP contribution in [0.3, 0.4) is 0 Å². The predicted molar refractivity (Wildman–Crippen MR) is 115 cm³/mol. The van der Waals surface area contributed by atoms with Crippen LogP contribution in [0.15, 0.2) is 59.1 Å². The van der Waals surface area contributed by atoms with Gasteiger partial charge >= 0.3 is 0 Å². The number of aryl methyl sites for hydroxylation is 1. The molecule has 0 saturated carbocycles. The first-order valence-corrected chi connectivity index (χ1v) is 10.4. The molecule has 1 aliphatic rings. The molecule has 0 unspecified atom stereocenters. The van der Waals surface area contributed by atoms with Gasteiger partial charge in [0, 0.05) is 31.7 Å². The van der Waals surface area contributed by atoms with E-state index in [1.54, 1.807) is 13.0 Å². The standard InChI is InChI=1S/C23H24ClN3O3/c1-16-21(22(26-30-16)19-9-5-6-10-20(19)24)23(28)25-13-18-15-27(11-12-29-18)14-17-7-3-2-4-8-17/h2-10,18H,11-15H2,1H3,(H,25,28)/t18-/m0/s1. The maximum absolute atomic E-state index is 12.9. The molecule has 1 amide bonds. The zero-order chi connectivity index (χ0) is 20.9. The highest BCUT2D eigenvalue weighted by Gasteiger charge is 2.25. The molecule has 1 atom stereocenters. The van der Waals surface area contributed by atoms with E-state index in [0.717, 1.165) is 19.6 Å². The van der Waals surface area contributed by atoms with Crippen molar-refractivity contribution in [2.24, 2.45) is 0 Å². The average molecular weight is 426 g/mol. The molecule has 2 aromatic carbocycles. The van der Waals surface area contributed by atoms with Crippen LogP contribution in [0.25, 0.3) is 11.3 Å². The van der Waals surface area contributed by atoms with Crippen LogP contribution in [-0.4, -0.2) is 48.3 Å². The zero-order valence-electron chi connectivity index (χ0n) is 16.8. The fourth-order valence-corrected chi connectivity index (χ4v) is 3.89. The molecule has 3 aromatic rings. The van der Waals surface area contributed by atoms with E-state index < -0.39 is 0 Å². The van der Waals surface area contributed by atoms with E-state index >= 15 is 0 Å². The Morgan fingerprint density at radius 3 is 2.77 bits per heavy atom. The number of benzene rings is 2. The third kappa shape index (κ3) is 4.73. The molecule has 1 aromatic heterocycles. The Morgan fingerprint density at radius 2 is 1.97 bits per heavy atom. The third-order valence-electron chi connectivity index (χ3n) is 5.18. The van der Waals surface area contributed by atoms with Gasteiger partial charge in [0.25, 0.3) is 5.91 Å². The lowest BCUT2D eigenvalue weighted by Crippen LogP contribution is -2.47. The number of halogens is 1. The van der Waals surface area contributed by atoms with Crippen molar-refractivity contribution in [3.05, 3.63) is 76.5 Å². The van der Waals surface area contributed by atoms with Crippen molar-refractivity contribution in [2.45, 2.75) is 19.6 Å². The molecule has 0 aliphatic carbocycles. The molecule has 6 nitrogen and oxygen atoms in total. The maximum atomic E-state index is 12.9. The Hall–Kier alpha value is -2.67. The van der Waals surface area contributed by atoms with E-state index in [-0.39, 0.29) is 12.0 Å². The molecule has 30 heavy (non-hydrogen) atoms. The number of rotatable bonds is 6. The number of ether oxygens (including phenoxy) is 1. The highest BCUT2D eigenvalue weighted by molar-refractivity contribution is 6.33. The lowest BCUT2D eigenvalue weighted by atomic mass is 10.1. The molecule has 1 aliphatic heterocycles. The van der Waals surface area contributed by atoms with E-state index in [1.807, 2.05) is 36.4 Å². The Morgan fingerprint density at radius 1 is 1.20 bits per heavy atom. The third-order valence-corrected chi connectivity index (χ3v) is 5.51. The SMILES string of the molecule is Cc1onc(-c2ccccc2Cl)c1C(=O)NC[C@H]1CN(Cc2ccccc2)CCO1. The molecule has 0 radical (unpaired) electrons. The van der Waals surface area contributed by atoms with Crippen LogP contribution in [0.4, 0.5) is 0 Å². The Bertz CT molecular complexity index is 1010. The minimum absolute atomic E-state index is 0.0738. The summed E-state index contributed by atoms with van der Waals surface area (Å²) in [5.41, 5.74) is 2.79. The fourth-order valence-electron chi connectivity index (χ4n) is 3.66. The summed E-state index contributed by atoms with van der Waals surface area (Å²) < 4.78 is 11.2. The summed E-state index contributed by atoms with van der Waals surface area (Å²) in [6, 6.07) is 17.6. The number of nitrogens with zero attached hydrogens (tertiary/aromatic N) is 2. The lowest BCUT2D eigenvalue weighted by molar-refractivity contribution is -0.0292. The first kappa shape index (κ1) is 20.6. The second-order valence-corrected chi connectivity index (χ2v) is 7.77. The van der Waals surface area contributed by atoms with Gasteiger partial charge in [-0.25, -0.2) is 0 Å². The van der Waals surface area contributed by atoms with Crippen molar-refractivity contribution >= 4 is 17.5 Å². The Kier molecular flexibility index (Phi) is 6.47. The van der Waals surface area contributed by atoms with Crippen molar-refractivity contribution in [3.8, 4) is 11.3 Å². The van der Waals surface area contributed by atoms with E-state index in [0.29, 0.717) is 40.8 Å². The minimum Gasteiger partial charge on any atom is -0.374 e. The molecule has 0 spiro atoms. The van der Waals surface area contributed by atoms with Gasteiger partial charge in [-0.05, 0) is 18.6 Å². The van der Waals surface area contributed by atoms with Gasteiger partial charge in [-0.2, -0.15) is 0 Å². The summed E-state index contributed by atoms with van der Waals surface area (Å²) in [5, 5.41) is 7.56. The van der Waals surface area contributed by atoms with Crippen molar-refractivity contribution in [1.29, 1.82) is 0 Å². The number of amides is 1. The highest BCUT2D eigenvalue weighted by Crippen LogP contribution is 2.30. The van der Waals surface area contributed by atoms with Crippen molar-refractivity contribution in [3.63, 3.8) is 0 Å². The minimum atomic E-state index is -0.243. The van der Waals surface area contributed by atoms with Crippen molar-refractivity contribution < 1.29 is 14.1 Å². The highest BCUT2D eigenvalue weighted by atomic mass is 35.5. The fraction of sp³-hybridized carbons (Fsp3) is 0.304. The lowest BCUT2D eigenvalue weighted by Gasteiger charge is -2.33. The van der Waals surface area contributed by atoms with Gasteiger partial charge in [-0.3, -0.25) is 9.69 Å². The van der Waals surface area contributed by atoms with E-state index in [9.17, 15) is 4.79 Å². The molecule has 4 rings (SSSR count). The van der Waals surface area contributed by atoms with Crippen LogP contribution in [-0.2, 0) is 11.3 Å². The molecule has 0 bridgehead atoms. The van der Waals surface area contributed by atoms with Crippen molar-refractivity contribution in [1.82, 2.24) is 15.4 Å². The Labute approximate surface area is 180 Å². The topological polar surface area (TPSA) is 67.6 Å². The normalized spacial score (nSPS) is 17.1. The smallest absolute Gasteiger partial charge is 0.257 e. The van der Waals surface area contributed by atoms with Crippen LogP contribution < -0.4 is 5.32 Å². The molecule has 156 valence electrons. The van der Waals surface area contributed by atoms with Gasteiger partial charge < -0.3 is 14.6 Å². The number of nitrogens with one attached hydrogen (secondary N) is 1. The average Bonchev–Trinajstić information content (AvgIpc) is 3.14. The van der Waals surface area contributed by atoms with Crippen molar-refractivity contribution in [2.75, 3.05) is 26.2 Å². The van der Waals surface area contributed by atoms with Crippen LogP contribution in [0.2, 0.25) is 5.02 Å². The summed E-state index contributed by atoms with van der Waals surface area (Å²) in [6.07, 6.45) is -0.0738. The van der Waals surface area contributed by atoms with Crippen LogP contribution in [0.1, 0.15) is 21.7 Å². The van der Waals surface area contributed by atoms with Gasteiger partial charge in [-0.15, -0.1) is 0 Å². The summed E-state index contributed by atoms with van der Waals surface area (Å²) in [7, 11) is 0. The van der Waals surface area contributed by atoms with E-state index in [4.69, 9.17) is 20.9 Å². The number of hydrogen-bond donors (Lipinski definition) is 1. The molecular formula is C23H24ClN3O3. The molecular weight excluding hydrogens is 402 g/mol. The summed E-state index contributed by atoms with van der Waals surface area (Å²) in [5.74, 6) is 0.213. The predicted octanol–water partition coefficient (Wildman–Crippen LogP) is 3.93. The quantitative estimate of drug-likeness (QED) is 0.648. The number of hydrogen-bond acceptors (Lipinski definition) is 5. The zero-order valence-corrected chi connectivity index (χ0v) is 17.6. The summed E-state index contributed by atoms with van der Waals surface area (Å²) in [4.78, 5) is 15.3. The van der Waals surface area contributed by atoms with E-state index in [1.165, 1.54) is 5.56 Å². The van der Waals surface area contributed by atoms with Gasteiger partial charge in [0.2, 0.25) is 0 Å². The second-order valence-electron chi connectivity index (χ2n) is 7.37. The van der Waals surface area contributed by atoms with Gasteiger partial charge in [0.1, 0.15) is 17.0 Å². The number of aromatic nitrogens is 1.